The van der Waals surface area contributed by atoms with Crippen LogP contribution in [0.2, 0.25) is 0 Å². The predicted molar refractivity (Wildman–Crippen MR) is 108 cm³/mol. The van der Waals surface area contributed by atoms with E-state index >= 15 is 0 Å². The van der Waals surface area contributed by atoms with E-state index < -0.39 is 17.8 Å². The van der Waals surface area contributed by atoms with Gasteiger partial charge in [0.05, 0.1) is 18.4 Å². The molecular formula is C19H27N3O5S. The second-order valence-electron chi connectivity index (χ2n) is 6.64. The van der Waals surface area contributed by atoms with E-state index in [0.717, 1.165) is 10.0 Å². The van der Waals surface area contributed by atoms with Gasteiger partial charge in [-0.25, -0.2) is 4.98 Å². The van der Waals surface area contributed by atoms with Crippen molar-refractivity contribution >= 4 is 33.9 Å². The lowest BCUT2D eigenvalue weighted by Crippen LogP contribution is -2.35. The standard InChI is InChI=1S/C19H27N3O5S/c1-6-8-12(21-27-7-2)16-13(23)9-11(15(17(16)24)18(25)26-5)14-10-20-19(28-14)22(3)4/h10-11,15,24H,6-9H2,1-5H3/b21-12+. The monoisotopic (exact) mass is 409 g/mol. The topological polar surface area (TPSA) is 101 Å². The fourth-order valence-corrected chi connectivity index (χ4v) is 4.11. The summed E-state index contributed by atoms with van der Waals surface area (Å²) in [5.41, 5.74) is 0.428. The minimum absolute atomic E-state index is 0.0586. The van der Waals surface area contributed by atoms with Crippen molar-refractivity contribution in [1.29, 1.82) is 0 Å². The van der Waals surface area contributed by atoms with E-state index in [1.807, 2.05) is 25.9 Å². The van der Waals surface area contributed by atoms with Gasteiger partial charge >= 0.3 is 5.97 Å². The lowest BCUT2D eigenvalue weighted by Gasteiger charge is -2.29. The van der Waals surface area contributed by atoms with Crippen molar-refractivity contribution in [3.8, 4) is 0 Å². The third-order valence-corrected chi connectivity index (χ3v) is 5.73. The number of nitrogens with zero attached hydrogens (tertiary/aromatic N) is 3. The smallest absolute Gasteiger partial charge is 0.317 e. The molecule has 1 aliphatic rings. The number of allylic oxidation sites excluding steroid dienone is 1. The van der Waals surface area contributed by atoms with Gasteiger partial charge in [0.2, 0.25) is 0 Å². The number of aromatic nitrogens is 1. The molecule has 0 amide bonds. The molecule has 0 aromatic carbocycles. The molecule has 9 heteroatoms. The van der Waals surface area contributed by atoms with Crippen molar-refractivity contribution in [1.82, 2.24) is 4.98 Å². The Labute approximate surface area is 168 Å². The first-order valence-corrected chi connectivity index (χ1v) is 10.0. The van der Waals surface area contributed by atoms with Crippen molar-refractivity contribution in [3.05, 3.63) is 22.4 Å². The number of ketones is 1. The number of Topliss-reactive ketones (excluding diaryl/α,β-unsaturated/α-hetero) is 1. The van der Waals surface area contributed by atoms with E-state index in [4.69, 9.17) is 9.57 Å². The molecule has 0 radical (unpaired) electrons. The molecule has 1 aliphatic carbocycles. The van der Waals surface area contributed by atoms with E-state index in [-0.39, 0.29) is 23.5 Å². The number of carbonyl (C=O) groups is 2. The SMILES string of the molecule is CCC/C(=N\OCC)C1=C(O)C(C(=O)OC)C(c2cnc(N(C)C)s2)CC1=O. The third-order valence-electron chi connectivity index (χ3n) is 4.43. The molecule has 2 rings (SSSR count). The van der Waals surface area contributed by atoms with Gasteiger partial charge in [0.1, 0.15) is 18.3 Å². The Morgan fingerprint density at radius 2 is 2.14 bits per heavy atom. The normalized spacial score (nSPS) is 20.3. The largest absolute Gasteiger partial charge is 0.511 e. The molecule has 0 fully saturated rings. The molecule has 1 aromatic rings. The molecule has 0 saturated carbocycles. The molecule has 0 saturated heterocycles. The highest BCUT2D eigenvalue weighted by molar-refractivity contribution is 7.15. The number of ether oxygens (including phenoxy) is 1. The van der Waals surface area contributed by atoms with Crippen LogP contribution < -0.4 is 4.90 Å². The summed E-state index contributed by atoms with van der Waals surface area (Å²) in [5.74, 6) is -2.70. The van der Waals surface area contributed by atoms with Crippen LogP contribution in [-0.4, -0.2) is 55.4 Å². The molecule has 8 nitrogen and oxygen atoms in total. The van der Waals surface area contributed by atoms with Gasteiger partial charge in [-0.3, -0.25) is 9.59 Å². The van der Waals surface area contributed by atoms with Gasteiger partial charge in [0.15, 0.2) is 10.9 Å². The third kappa shape index (κ3) is 4.52. The van der Waals surface area contributed by atoms with Gasteiger partial charge in [-0.05, 0) is 13.3 Å². The Kier molecular flexibility index (Phi) is 7.56. The molecule has 0 spiro atoms. The maximum Gasteiger partial charge on any atom is 0.317 e. The molecule has 2 atom stereocenters. The van der Waals surface area contributed by atoms with Crippen LogP contribution >= 0.6 is 11.3 Å². The van der Waals surface area contributed by atoms with Crippen LogP contribution in [-0.2, 0) is 19.2 Å². The zero-order valence-corrected chi connectivity index (χ0v) is 17.7. The second-order valence-corrected chi connectivity index (χ2v) is 7.68. The first kappa shape index (κ1) is 21.9. The highest BCUT2D eigenvalue weighted by atomic mass is 32.1. The van der Waals surface area contributed by atoms with Crippen molar-refractivity contribution in [2.75, 3.05) is 32.7 Å². The molecule has 2 unspecified atom stereocenters. The summed E-state index contributed by atoms with van der Waals surface area (Å²) >= 11 is 1.38. The number of hydrogen-bond acceptors (Lipinski definition) is 9. The van der Waals surface area contributed by atoms with Gasteiger partial charge in [0.25, 0.3) is 0 Å². The number of thiazole rings is 1. The van der Waals surface area contributed by atoms with Crippen LogP contribution in [0.25, 0.3) is 0 Å². The number of anilines is 1. The minimum atomic E-state index is -0.989. The lowest BCUT2D eigenvalue weighted by molar-refractivity contribution is -0.146. The van der Waals surface area contributed by atoms with Gasteiger partial charge < -0.3 is 19.6 Å². The zero-order chi connectivity index (χ0) is 20.8. The van der Waals surface area contributed by atoms with Crippen LogP contribution in [0.4, 0.5) is 5.13 Å². The molecule has 0 bridgehead atoms. The molecule has 154 valence electrons. The quantitative estimate of drug-likeness (QED) is 0.400. The molecule has 28 heavy (non-hydrogen) atoms. The van der Waals surface area contributed by atoms with Gasteiger partial charge in [0, 0.05) is 37.5 Å². The maximum absolute atomic E-state index is 12.9. The molecule has 0 aliphatic heterocycles. The number of aliphatic hydroxyl groups excluding tert-OH is 1. The van der Waals surface area contributed by atoms with E-state index in [9.17, 15) is 14.7 Å². The molecular weight excluding hydrogens is 382 g/mol. The summed E-state index contributed by atoms with van der Waals surface area (Å²) in [5, 5.41) is 15.7. The van der Waals surface area contributed by atoms with Crippen molar-refractivity contribution in [2.45, 2.75) is 39.0 Å². The Morgan fingerprint density at radius 3 is 2.68 bits per heavy atom. The van der Waals surface area contributed by atoms with E-state index in [0.29, 0.717) is 25.2 Å². The number of hydrogen-bond donors (Lipinski definition) is 1. The molecule has 1 aromatic heterocycles. The zero-order valence-electron chi connectivity index (χ0n) is 16.9. The van der Waals surface area contributed by atoms with Crippen LogP contribution in [0.5, 0.6) is 0 Å². The number of rotatable bonds is 8. The van der Waals surface area contributed by atoms with Crippen LogP contribution in [0.3, 0.4) is 0 Å². The number of methoxy groups -OCH3 is 1. The maximum atomic E-state index is 12.9. The van der Waals surface area contributed by atoms with Gasteiger partial charge in [-0.1, -0.05) is 18.5 Å². The van der Waals surface area contributed by atoms with E-state index in [1.54, 1.807) is 13.1 Å². The first-order chi connectivity index (χ1) is 13.3. The highest BCUT2D eigenvalue weighted by Crippen LogP contribution is 2.43. The summed E-state index contributed by atoms with van der Waals surface area (Å²) in [6.45, 7) is 4.06. The summed E-state index contributed by atoms with van der Waals surface area (Å²) in [4.78, 5) is 37.5. The van der Waals surface area contributed by atoms with Crippen LogP contribution in [0, 0.1) is 5.92 Å². The van der Waals surface area contributed by atoms with Crippen LogP contribution in [0.1, 0.15) is 43.9 Å². The highest BCUT2D eigenvalue weighted by Gasteiger charge is 2.44. The molecule has 1 heterocycles. The Balaban J connectivity index is 2.54. The summed E-state index contributed by atoms with van der Waals surface area (Å²) < 4.78 is 4.93. The number of oxime groups is 1. The fourth-order valence-electron chi connectivity index (χ4n) is 3.14. The Morgan fingerprint density at radius 1 is 1.43 bits per heavy atom. The Hall–Kier alpha value is -2.42. The predicted octanol–water partition coefficient (Wildman–Crippen LogP) is 3.06. The van der Waals surface area contributed by atoms with Crippen molar-refractivity contribution < 1.29 is 24.3 Å². The van der Waals surface area contributed by atoms with Gasteiger partial charge in [-0.15, -0.1) is 11.3 Å². The van der Waals surface area contributed by atoms with Crippen LogP contribution in [0.15, 0.2) is 22.7 Å². The summed E-state index contributed by atoms with van der Waals surface area (Å²) in [6, 6.07) is 0. The number of esters is 1. The van der Waals surface area contributed by atoms with Gasteiger partial charge in [-0.2, -0.15) is 0 Å². The Bertz CT molecular complexity index is 784. The fraction of sp³-hybridized carbons (Fsp3) is 0.579. The van der Waals surface area contributed by atoms with Crippen molar-refractivity contribution in [3.63, 3.8) is 0 Å². The minimum Gasteiger partial charge on any atom is -0.511 e. The second kappa shape index (κ2) is 9.68. The first-order valence-electron chi connectivity index (χ1n) is 9.21. The van der Waals surface area contributed by atoms with Crippen molar-refractivity contribution in [2.24, 2.45) is 11.1 Å². The number of aliphatic hydroxyl groups is 1. The average Bonchev–Trinajstić information content (AvgIpc) is 3.15. The summed E-state index contributed by atoms with van der Waals surface area (Å²) in [7, 11) is 4.99. The lowest BCUT2D eigenvalue weighted by atomic mass is 9.76. The summed E-state index contributed by atoms with van der Waals surface area (Å²) in [6.07, 6.45) is 2.87. The molecule has 1 N–H and O–H groups in total. The average molecular weight is 410 g/mol. The van der Waals surface area contributed by atoms with E-state index in [1.165, 1.54) is 18.4 Å². The van der Waals surface area contributed by atoms with E-state index in [2.05, 4.69) is 10.1 Å². The number of carbonyl (C=O) groups excluding carboxylic acids is 2.